The molecule has 4 aromatic carbocycles. The summed E-state index contributed by atoms with van der Waals surface area (Å²) in [6, 6.07) is 34.0. The zero-order chi connectivity index (χ0) is 25.4. The van der Waals surface area contributed by atoms with Gasteiger partial charge in [0.05, 0.1) is 5.92 Å². The first-order valence-electron chi connectivity index (χ1n) is 13.1. The number of nitrogens with zero attached hydrogens (tertiary/aromatic N) is 1. The van der Waals surface area contributed by atoms with Crippen molar-refractivity contribution < 1.29 is 13.2 Å². The van der Waals surface area contributed by atoms with Crippen molar-refractivity contribution in [1.82, 2.24) is 4.90 Å². The van der Waals surface area contributed by atoms with Crippen LogP contribution in [0.25, 0.3) is 16.3 Å². The topological polar surface area (TPSA) is 3.24 Å². The summed E-state index contributed by atoms with van der Waals surface area (Å²) in [7, 11) is 0. The molecule has 188 valence electrons. The summed E-state index contributed by atoms with van der Waals surface area (Å²) in [4.78, 5) is 2.31. The van der Waals surface area contributed by atoms with Crippen LogP contribution in [0.15, 0.2) is 109 Å². The second kappa shape index (κ2) is 9.83. The van der Waals surface area contributed by atoms with Crippen LogP contribution in [0, 0.1) is 17.8 Å². The van der Waals surface area contributed by atoms with Crippen molar-refractivity contribution in [3.63, 3.8) is 0 Å². The molecule has 2 aliphatic rings. The summed E-state index contributed by atoms with van der Waals surface area (Å²) < 4.78 is 44.3. The highest BCUT2D eigenvalue weighted by Crippen LogP contribution is 2.56. The van der Waals surface area contributed by atoms with E-state index in [0.717, 1.165) is 39.6 Å². The molecule has 0 N–H and O–H groups in total. The third-order valence-electron chi connectivity index (χ3n) is 8.30. The maximum absolute atomic E-state index is 14.8. The maximum atomic E-state index is 14.8. The quantitative estimate of drug-likeness (QED) is 0.273. The first-order valence-corrected chi connectivity index (χ1v) is 13.1. The van der Waals surface area contributed by atoms with Gasteiger partial charge in [-0.25, -0.2) is 0 Å². The fourth-order valence-electron chi connectivity index (χ4n) is 6.75. The van der Waals surface area contributed by atoms with E-state index in [9.17, 15) is 13.2 Å². The minimum atomic E-state index is -4.26. The van der Waals surface area contributed by atoms with Crippen LogP contribution in [0.5, 0.6) is 0 Å². The van der Waals surface area contributed by atoms with Gasteiger partial charge in [-0.1, -0.05) is 109 Å². The highest BCUT2D eigenvalue weighted by Gasteiger charge is 2.54. The van der Waals surface area contributed by atoms with Gasteiger partial charge in [0.1, 0.15) is 0 Å². The van der Waals surface area contributed by atoms with Crippen molar-refractivity contribution in [2.45, 2.75) is 31.6 Å². The van der Waals surface area contributed by atoms with Gasteiger partial charge in [0, 0.05) is 12.6 Å². The number of alkyl halides is 3. The van der Waals surface area contributed by atoms with Crippen molar-refractivity contribution in [3.05, 3.63) is 126 Å². The minimum absolute atomic E-state index is 0.0232. The van der Waals surface area contributed by atoms with Crippen LogP contribution in [-0.2, 0) is 6.54 Å². The Labute approximate surface area is 216 Å². The molecule has 37 heavy (non-hydrogen) atoms. The second-order valence-electron chi connectivity index (χ2n) is 10.4. The lowest BCUT2D eigenvalue weighted by Gasteiger charge is -2.52. The van der Waals surface area contributed by atoms with Gasteiger partial charge < -0.3 is 0 Å². The Bertz CT molecular complexity index is 1390. The molecule has 4 atom stereocenters. The fraction of sp³-hybridized carbons (Fsp3) is 0.273. The lowest BCUT2D eigenvalue weighted by Crippen LogP contribution is -2.50. The number of halogens is 3. The number of hydrogen-bond donors (Lipinski definition) is 0. The van der Waals surface area contributed by atoms with Crippen LogP contribution in [0.1, 0.15) is 35.6 Å². The van der Waals surface area contributed by atoms with Crippen LogP contribution >= 0.6 is 0 Å². The number of fused-ring (bicyclic) bond motifs is 2. The van der Waals surface area contributed by atoms with Gasteiger partial charge in [-0.05, 0) is 64.3 Å². The Morgan fingerprint density at radius 1 is 0.757 bits per heavy atom. The Kier molecular flexibility index (Phi) is 6.37. The van der Waals surface area contributed by atoms with Crippen LogP contribution in [0.3, 0.4) is 0 Å². The first kappa shape index (κ1) is 24.0. The largest absolute Gasteiger partial charge is 0.392 e. The number of benzene rings is 4. The van der Waals surface area contributed by atoms with Gasteiger partial charge in [-0.15, -0.1) is 0 Å². The molecule has 0 aromatic heterocycles. The van der Waals surface area contributed by atoms with E-state index in [1.165, 1.54) is 0 Å². The predicted octanol–water partition coefficient (Wildman–Crippen LogP) is 8.69. The fourth-order valence-corrected chi connectivity index (χ4v) is 6.75. The van der Waals surface area contributed by atoms with E-state index in [2.05, 4.69) is 41.3 Å². The van der Waals surface area contributed by atoms with Crippen molar-refractivity contribution in [2.24, 2.45) is 17.8 Å². The lowest BCUT2D eigenvalue weighted by atomic mass is 9.62. The Morgan fingerprint density at radius 3 is 2.19 bits per heavy atom. The Morgan fingerprint density at radius 2 is 1.43 bits per heavy atom. The third-order valence-corrected chi connectivity index (χ3v) is 8.30. The molecule has 4 aromatic rings. The molecule has 1 fully saturated rings. The smallest absolute Gasteiger partial charge is 0.292 e. The van der Waals surface area contributed by atoms with Gasteiger partial charge in [0.2, 0.25) is 0 Å². The number of allylic oxidation sites excluding steroid dienone is 2. The van der Waals surface area contributed by atoms with E-state index in [-0.39, 0.29) is 18.4 Å². The third kappa shape index (κ3) is 4.59. The molecule has 0 radical (unpaired) electrons. The van der Waals surface area contributed by atoms with Gasteiger partial charge in [-0.3, -0.25) is 4.90 Å². The monoisotopic (exact) mass is 497 g/mol. The van der Waals surface area contributed by atoms with Crippen LogP contribution < -0.4 is 0 Å². The van der Waals surface area contributed by atoms with Gasteiger partial charge in [0.15, 0.2) is 0 Å². The predicted molar refractivity (Wildman–Crippen MR) is 144 cm³/mol. The SMILES string of the molecule is FC(F)(F)[C@@H]1CC=C(c2ccccc2)[C@@H]2CCN(Cc3ccccc3)[C@H](c3cccc4ccccc34)[C@@H]12. The zero-order valence-corrected chi connectivity index (χ0v) is 20.6. The molecule has 4 heteroatoms. The highest BCUT2D eigenvalue weighted by atomic mass is 19.4. The molecule has 1 heterocycles. The lowest BCUT2D eigenvalue weighted by molar-refractivity contribution is -0.204. The Balaban J connectivity index is 1.52. The molecule has 1 saturated heterocycles. The molecule has 0 spiro atoms. The molecule has 1 aliphatic carbocycles. The molecule has 0 amide bonds. The summed E-state index contributed by atoms with van der Waals surface area (Å²) in [6.07, 6.45) is -1.65. The summed E-state index contributed by atoms with van der Waals surface area (Å²) in [5, 5.41) is 2.12. The highest BCUT2D eigenvalue weighted by molar-refractivity contribution is 5.86. The van der Waals surface area contributed by atoms with E-state index in [0.29, 0.717) is 13.0 Å². The molecular formula is C33H30F3N. The van der Waals surface area contributed by atoms with E-state index in [1.807, 2.05) is 72.8 Å². The summed E-state index contributed by atoms with van der Waals surface area (Å²) in [6.45, 7) is 1.38. The Hall–Kier alpha value is -3.37. The summed E-state index contributed by atoms with van der Waals surface area (Å²) in [5.41, 5.74) is 4.26. The molecular weight excluding hydrogens is 467 g/mol. The number of rotatable bonds is 4. The van der Waals surface area contributed by atoms with E-state index < -0.39 is 18.0 Å². The molecule has 6 rings (SSSR count). The summed E-state index contributed by atoms with van der Waals surface area (Å²) >= 11 is 0. The zero-order valence-electron chi connectivity index (χ0n) is 20.6. The standard InChI is InChI=1S/C33H30F3N/c34-33(35,36)30-19-18-27(24-12-5-2-6-13-24)28-20-21-37(22-23-10-3-1-4-11-23)32(31(28)30)29-17-9-15-25-14-7-8-16-26(25)29/h1-18,28,30-32H,19-22H2/t28-,30+,31+,32+/m0/s1. The van der Waals surface area contributed by atoms with E-state index in [1.54, 1.807) is 0 Å². The van der Waals surface area contributed by atoms with E-state index in [4.69, 9.17) is 0 Å². The van der Waals surface area contributed by atoms with Crippen LogP contribution in [-0.4, -0.2) is 17.6 Å². The molecule has 0 saturated carbocycles. The van der Waals surface area contributed by atoms with E-state index >= 15 is 0 Å². The average molecular weight is 498 g/mol. The number of piperidine rings is 1. The maximum Gasteiger partial charge on any atom is 0.392 e. The first-order chi connectivity index (χ1) is 18.0. The average Bonchev–Trinajstić information content (AvgIpc) is 2.92. The van der Waals surface area contributed by atoms with Gasteiger partial charge in [0.25, 0.3) is 0 Å². The van der Waals surface area contributed by atoms with Crippen LogP contribution in [0.4, 0.5) is 13.2 Å². The molecule has 0 unspecified atom stereocenters. The van der Waals surface area contributed by atoms with Crippen LogP contribution in [0.2, 0.25) is 0 Å². The molecule has 1 nitrogen and oxygen atoms in total. The second-order valence-corrected chi connectivity index (χ2v) is 10.4. The minimum Gasteiger partial charge on any atom is -0.292 e. The summed E-state index contributed by atoms with van der Waals surface area (Å²) in [5.74, 6) is -2.10. The van der Waals surface area contributed by atoms with Gasteiger partial charge in [-0.2, -0.15) is 13.2 Å². The molecule has 1 aliphatic heterocycles. The number of hydrogen-bond acceptors (Lipinski definition) is 1. The van der Waals surface area contributed by atoms with Crippen molar-refractivity contribution in [2.75, 3.05) is 6.54 Å². The molecule has 0 bridgehead atoms. The van der Waals surface area contributed by atoms with Gasteiger partial charge >= 0.3 is 6.18 Å². The van der Waals surface area contributed by atoms with Crippen molar-refractivity contribution in [3.8, 4) is 0 Å². The van der Waals surface area contributed by atoms with Crippen molar-refractivity contribution >= 4 is 16.3 Å². The normalized spacial score (nSPS) is 24.5. The van der Waals surface area contributed by atoms with Crippen molar-refractivity contribution in [1.29, 1.82) is 0 Å². The number of likely N-dealkylation sites (tertiary alicyclic amines) is 1.